The summed E-state index contributed by atoms with van der Waals surface area (Å²) in [5.74, 6) is -1.01. The second-order valence-electron chi connectivity index (χ2n) is 4.36. The van der Waals surface area contributed by atoms with E-state index in [1.807, 2.05) is 0 Å². The van der Waals surface area contributed by atoms with E-state index in [-0.39, 0.29) is 39.3 Å². The molecule has 3 rings (SSSR count). The molecule has 108 valence electrons. The van der Waals surface area contributed by atoms with E-state index >= 15 is 0 Å². The average molecular weight is 344 g/mol. The van der Waals surface area contributed by atoms with Crippen molar-refractivity contribution in [3.05, 3.63) is 64.7 Å². The van der Waals surface area contributed by atoms with Crippen LogP contribution in [0.4, 0.5) is 0 Å². The summed E-state index contributed by atoms with van der Waals surface area (Å²) in [7, 11) is -4.58. The first kappa shape index (κ1) is 15.6. The number of rotatable bonds is 1. The molecule has 0 aliphatic heterocycles. The van der Waals surface area contributed by atoms with Gasteiger partial charge < -0.3 is 0 Å². The molecule has 0 saturated heterocycles. The zero-order chi connectivity index (χ0) is 14.5. The Balaban J connectivity index is 0.00000161. The second kappa shape index (κ2) is 5.20. The predicted octanol–water partition coefficient (Wildman–Crippen LogP) is 1.71. The molecule has 2 aromatic carbocycles. The number of carbonyl (C=O) groups is 2. The molecule has 0 heterocycles. The van der Waals surface area contributed by atoms with Gasteiger partial charge in [-0.2, -0.15) is 8.42 Å². The molecule has 1 aliphatic carbocycles. The van der Waals surface area contributed by atoms with Crippen LogP contribution in [0.25, 0.3) is 0 Å². The van der Waals surface area contributed by atoms with E-state index in [0.29, 0.717) is 0 Å². The van der Waals surface area contributed by atoms with Crippen LogP contribution in [0.1, 0.15) is 31.8 Å². The maximum Gasteiger partial charge on any atom is 0.295 e. The Hall–Kier alpha value is -1.79. The SMILES string of the molecule is O=C1c2ccccc2C(=O)c2c1cccc2S(=O)(=O)O.[Fe]. The maximum atomic E-state index is 12.4. The van der Waals surface area contributed by atoms with Crippen molar-refractivity contribution in [1.29, 1.82) is 0 Å². The van der Waals surface area contributed by atoms with Gasteiger partial charge >= 0.3 is 0 Å². The van der Waals surface area contributed by atoms with Gasteiger partial charge in [-0.05, 0) is 6.07 Å². The average Bonchev–Trinajstić information content (AvgIpc) is 2.43. The smallest absolute Gasteiger partial charge is 0.289 e. The molecule has 0 unspecified atom stereocenters. The summed E-state index contributed by atoms with van der Waals surface area (Å²) in [6, 6.07) is 9.99. The van der Waals surface area contributed by atoms with E-state index in [4.69, 9.17) is 0 Å². The quantitative estimate of drug-likeness (QED) is 0.536. The summed E-state index contributed by atoms with van der Waals surface area (Å²) in [6.45, 7) is 0. The molecule has 0 spiro atoms. The van der Waals surface area contributed by atoms with E-state index < -0.39 is 26.6 Å². The normalized spacial score (nSPS) is 13.2. The molecule has 0 saturated carbocycles. The summed E-state index contributed by atoms with van der Waals surface area (Å²) in [5, 5.41) is 0. The molecule has 0 amide bonds. The summed E-state index contributed by atoms with van der Waals surface area (Å²) in [5.41, 5.74) is 0.0983. The molecule has 1 N–H and O–H groups in total. The Kier molecular flexibility index (Phi) is 3.86. The Labute approximate surface area is 131 Å². The Morgan fingerprint density at radius 3 is 1.86 bits per heavy atom. The fraction of sp³-hybridized carbons (Fsp3) is 0. The minimum absolute atomic E-state index is 0. The molecule has 0 fully saturated rings. The molecule has 0 bridgehead atoms. The van der Waals surface area contributed by atoms with Gasteiger partial charge in [0.2, 0.25) is 0 Å². The van der Waals surface area contributed by atoms with Gasteiger partial charge in [-0.3, -0.25) is 14.1 Å². The topological polar surface area (TPSA) is 88.5 Å². The van der Waals surface area contributed by atoms with Crippen LogP contribution < -0.4 is 0 Å². The van der Waals surface area contributed by atoms with Gasteiger partial charge in [0.05, 0.1) is 5.56 Å². The van der Waals surface area contributed by atoms with Gasteiger partial charge in [-0.1, -0.05) is 36.4 Å². The van der Waals surface area contributed by atoms with Gasteiger partial charge in [0, 0.05) is 33.8 Å². The fourth-order valence-electron chi connectivity index (χ4n) is 2.33. The fourth-order valence-corrected chi connectivity index (χ4v) is 3.04. The largest absolute Gasteiger partial charge is 0.295 e. The van der Waals surface area contributed by atoms with Gasteiger partial charge in [-0.15, -0.1) is 0 Å². The zero-order valence-corrected chi connectivity index (χ0v) is 12.3. The first-order valence-electron chi connectivity index (χ1n) is 5.70. The first-order valence-corrected chi connectivity index (χ1v) is 7.14. The van der Waals surface area contributed by atoms with Gasteiger partial charge in [-0.25, -0.2) is 0 Å². The minimum Gasteiger partial charge on any atom is -0.289 e. The molecule has 5 nitrogen and oxygen atoms in total. The molecular formula is C14H8FeO5S. The molecule has 2 aromatic rings. The maximum absolute atomic E-state index is 12.4. The summed E-state index contributed by atoms with van der Waals surface area (Å²) < 4.78 is 31.9. The van der Waals surface area contributed by atoms with Crippen LogP contribution in [0, 0.1) is 0 Å². The third-order valence-electron chi connectivity index (χ3n) is 3.19. The standard InChI is InChI=1S/C14H8O5S.Fe/c15-13-8-4-1-2-5-9(8)14(16)12-10(13)6-3-7-11(12)20(17,18)19;/h1-7H,(H,17,18,19);. The summed E-state index contributed by atoms with van der Waals surface area (Å²) in [4.78, 5) is 24.2. The van der Waals surface area contributed by atoms with Crippen molar-refractivity contribution in [2.24, 2.45) is 0 Å². The predicted molar refractivity (Wildman–Crippen MR) is 69.6 cm³/mol. The van der Waals surface area contributed by atoms with Crippen LogP contribution in [0.3, 0.4) is 0 Å². The third kappa shape index (κ3) is 2.34. The van der Waals surface area contributed by atoms with E-state index in [2.05, 4.69) is 0 Å². The van der Waals surface area contributed by atoms with Crippen molar-refractivity contribution in [2.45, 2.75) is 4.90 Å². The minimum atomic E-state index is -4.58. The van der Waals surface area contributed by atoms with E-state index in [9.17, 15) is 22.6 Å². The van der Waals surface area contributed by atoms with Crippen molar-refractivity contribution in [3.63, 3.8) is 0 Å². The number of hydrogen-bond acceptors (Lipinski definition) is 4. The molecule has 21 heavy (non-hydrogen) atoms. The van der Waals surface area contributed by atoms with Crippen LogP contribution in [-0.2, 0) is 27.2 Å². The molecule has 0 radical (unpaired) electrons. The van der Waals surface area contributed by atoms with Crippen LogP contribution in [-0.4, -0.2) is 24.5 Å². The van der Waals surface area contributed by atoms with Crippen molar-refractivity contribution >= 4 is 21.7 Å². The van der Waals surface area contributed by atoms with Crippen molar-refractivity contribution in [1.82, 2.24) is 0 Å². The van der Waals surface area contributed by atoms with E-state index in [0.717, 1.165) is 6.07 Å². The van der Waals surface area contributed by atoms with Crippen molar-refractivity contribution in [2.75, 3.05) is 0 Å². The van der Waals surface area contributed by atoms with Crippen molar-refractivity contribution in [3.8, 4) is 0 Å². The molecule has 0 atom stereocenters. The monoisotopic (exact) mass is 344 g/mol. The molecule has 7 heteroatoms. The van der Waals surface area contributed by atoms with Crippen LogP contribution >= 0.6 is 0 Å². The van der Waals surface area contributed by atoms with Gasteiger partial charge in [0.1, 0.15) is 4.90 Å². The number of carbonyl (C=O) groups excluding carboxylic acids is 2. The summed E-state index contributed by atoms with van der Waals surface area (Å²) >= 11 is 0. The Morgan fingerprint density at radius 1 is 0.762 bits per heavy atom. The zero-order valence-electron chi connectivity index (χ0n) is 10.4. The second-order valence-corrected chi connectivity index (χ2v) is 5.75. The number of ketones is 2. The Bertz CT molecular complexity index is 871. The van der Waals surface area contributed by atoms with Gasteiger partial charge in [0.25, 0.3) is 10.1 Å². The molecular weight excluding hydrogens is 336 g/mol. The molecule has 1 aliphatic rings. The number of benzene rings is 2. The van der Waals surface area contributed by atoms with Crippen LogP contribution in [0.5, 0.6) is 0 Å². The Morgan fingerprint density at radius 2 is 1.29 bits per heavy atom. The van der Waals surface area contributed by atoms with Crippen LogP contribution in [0.2, 0.25) is 0 Å². The third-order valence-corrected chi connectivity index (χ3v) is 4.09. The van der Waals surface area contributed by atoms with E-state index in [1.165, 1.54) is 24.3 Å². The van der Waals surface area contributed by atoms with Gasteiger partial charge in [0.15, 0.2) is 11.6 Å². The van der Waals surface area contributed by atoms with Crippen LogP contribution in [0.15, 0.2) is 47.4 Å². The number of fused-ring (bicyclic) bond motifs is 2. The summed E-state index contributed by atoms with van der Waals surface area (Å²) in [6.07, 6.45) is 0. The first-order chi connectivity index (χ1) is 9.41. The number of hydrogen-bond donors (Lipinski definition) is 1. The van der Waals surface area contributed by atoms with E-state index in [1.54, 1.807) is 12.1 Å². The van der Waals surface area contributed by atoms with Crippen molar-refractivity contribution < 1.29 is 39.6 Å². The molecule has 0 aromatic heterocycles.